The van der Waals surface area contributed by atoms with E-state index in [-0.39, 0.29) is 11.9 Å². The average molecular weight is 381 g/mol. The molecule has 140 valence electrons. The number of carbonyl (C=O) groups excluding carboxylic acids is 1. The highest BCUT2D eigenvalue weighted by molar-refractivity contribution is 7.07. The van der Waals surface area contributed by atoms with Crippen LogP contribution >= 0.6 is 11.3 Å². The Morgan fingerprint density at radius 3 is 2.56 bits per heavy atom. The van der Waals surface area contributed by atoms with Crippen LogP contribution in [0.2, 0.25) is 0 Å². The number of nitrogens with one attached hydrogen (secondary N) is 1. The van der Waals surface area contributed by atoms with Crippen molar-refractivity contribution in [2.45, 2.75) is 26.0 Å². The molecule has 1 atom stereocenters. The van der Waals surface area contributed by atoms with Crippen molar-refractivity contribution in [2.75, 3.05) is 7.11 Å². The number of amides is 1. The van der Waals surface area contributed by atoms with E-state index in [1.165, 1.54) is 5.56 Å². The van der Waals surface area contributed by atoms with Gasteiger partial charge in [0, 0.05) is 17.2 Å². The van der Waals surface area contributed by atoms with Crippen molar-refractivity contribution in [1.82, 2.24) is 5.32 Å². The van der Waals surface area contributed by atoms with E-state index in [4.69, 9.17) is 9.47 Å². The van der Waals surface area contributed by atoms with E-state index in [2.05, 4.69) is 16.8 Å². The van der Waals surface area contributed by atoms with Crippen molar-refractivity contribution >= 4 is 17.2 Å². The summed E-state index contributed by atoms with van der Waals surface area (Å²) in [5.74, 6) is 1.24. The number of benzene rings is 2. The smallest absolute Gasteiger partial charge is 0.251 e. The topological polar surface area (TPSA) is 47.6 Å². The number of thiophene rings is 1. The van der Waals surface area contributed by atoms with E-state index in [0.717, 1.165) is 12.0 Å². The lowest BCUT2D eigenvalue weighted by molar-refractivity contribution is 0.0937. The molecular formula is C22H23NO3S. The Morgan fingerprint density at radius 1 is 1.07 bits per heavy atom. The van der Waals surface area contributed by atoms with Crippen LogP contribution < -0.4 is 14.8 Å². The van der Waals surface area contributed by atoms with Crippen LogP contribution in [-0.4, -0.2) is 19.1 Å². The highest BCUT2D eigenvalue weighted by Gasteiger charge is 2.15. The van der Waals surface area contributed by atoms with Gasteiger partial charge in [-0.05, 0) is 53.9 Å². The molecule has 1 amide bonds. The van der Waals surface area contributed by atoms with Gasteiger partial charge in [-0.1, -0.05) is 30.3 Å². The summed E-state index contributed by atoms with van der Waals surface area (Å²) < 4.78 is 11.2. The monoisotopic (exact) mass is 381 g/mol. The zero-order chi connectivity index (χ0) is 19.1. The summed E-state index contributed by atoms with van der Waals surface area (Å²) in [6.07, 6.45) is 0.815. The van der Waals surface area contributed by atoms with Gasteiger partial charge in [0.05, 0.1) is 7.11 Å². The van der Waals surface area contributed by atoms with Gasteiger partial charge >= 0.3 is 0 Å². The van der Waals surface area contributed by atoms with Crippen molar-refractivity contribution in [1.29, 1.82) is 0 Å². The molecule has 5 heteroatoms. The van der Waals surface area contributed by atoms with Gasteiger partial charge in [0.15, 0.2) is 11.5 Å². The molecule has 0 radical (unpaired) electrons. The fourth-order valence-corrected chi connectivity index (χ4v) is 3.56. The van der Waals surface area contributed by atoms with Crippen molar-refractivity contribution in [3.63, 3.8) is 0 Å². The lowest BCUT2D eigenvalue weighted by Gasteiger charge is -2.16. The maximum Gasteiger partial charge on any atom is 0.251 e. The Hall–Kier alpha value is -2.79. The van der Waals surface area contributed by atoms with Crippen molar-refractivity contribution in [3.05, 3.63) is 82.0 Å². The van der Waals surface area contributed by atoms with E-state index in [1.54, 1.807) is 18.4 Å². The Bertz CT molecular complexity index is 877. The zero-order valence-electron chi connectivity index (χ0n) is 15.5. The lowest BCUT2D eigenvalue weighted by Crippen LogP contribution is -2.34. The quantitative estimate of drug-likeness (QED) is 0.615. The van der Waals surface area contributed by atoms with Crippen LogP contribution in [0.15, 0.2) is 65.4 Å². The third-order valence-corrected chi connectivity index (χ3v) is 4.95. The van der Waals surface area contributed by atoms with E-state index >= 15 is 0 Å². The SMILES string of the molecule is COc1ccccc1OCc1ccccc1C(=O)NC(C)Cc1ccsc1. The Kier molecular flexibility index (Phi) is 6.49. The van der Waals surface area contributed by atoms with Crippen molar-refractivity contribution < 1.29 is 14.3 Å². The molecule has 0 bridgehead atoms. The second-order valence-electron chi connectivity index (χ2n) is 6.31. The summed E-state index contributed by atoms with van der Waals surface area (Å²) in [6.45, 7) is 2.31. The van der Waals surface area contributed by atoms with E-state index in [0.29, 0.717) is 23.7 Å². The zero-order valence-corrected chi connectivity index (χ0v) is 16.3. The third kappa shape index (κ3) is 5.11. The Morgan fingerprint density at radius 2 is 1.81 bits per heavy atom. The molecule has 0 aliphatic carbocycles. The fourth-order valence-electron chi connectivity index (χ4n) is 2.88. The second-order valence-corrected chi connectivity index (χ2v) is 7.09. The summed E-state index contributed by atoms with van der Waals surface area (Å²) in [7, 11) is 1.61. The standard InChI is InChI=1S/C22H23NO3S/c1-16(13-17-11-12-27-15-17)23-22(24)19-8-4-3-7-18(19)14-26-21-10-6-5-9-20(21)25-2/h3-12,15-16H,13-14H2,1-2H3,(H,23,24). The maximum absolute atomic E-state index is 12.8. The van der Waals surface area contributed by atoms with Crippen LogP contribution in [-0.2, 0) is 13.0 Å². The summed E-state index contributed by atoms with van der Waals surface area (Å²) in [5, 5.41) is 7.24. The molecule has 3 rings (SSSR count). The number of hydrogen-bond acceptors (Lipinski definition) is 4. The molecule has 1 unspecified atom stereocenters. The predicted molar refractivity (Wildman–Crippen MR) is 109 cm³/mol. The summed E-state index contributed by atoms with van der Waals surface area (Å²) in [5.41, 5.74) is 2.70. The molecule has 0 spiro atoms. The van der Waals surface area contributed by atoms with Crippen LogP contribution in [0.3, 0.4) is 0 Å². The molecule has 0 saturated carbocycles. The number of para-hydroxylation sites is 2. The largest absolute Gasteiger partial charge is 0.493 e. The molecule has 27 heavy (non-hydrogen) atoms. The maximum atomic E-state index is 12.8. The van der Waals surface area contributed by atoms with Gasteiger partial charge < -0.3 is 14.8 Å². The first kappa shape index (κ1) is 19.0. The van der Waals surface area contributed by atoms with E-state index in [1.807, 2.05) is 60.8 Å². The number of carbonyl (C=O) groups is 1. The average Bonchev–Trinajstić information content (AvgIpc) is 3.19. The summed E-state index contributed by atoms with van der Waals surface area (Å²) in [4.78, 5) is 12.8. The van der Waals surface area contributed by atoms with Gasteiger partial charge in [-0.15, -0.1) is 0 Å². The van der Waals surface area contributed by atoms with E-state index in [9.17, 15) is 4.79 Å². The molecule has 1 aromatic heterocycles. The molecular weight excluding hydrogens is 358 g/mol. The molecule has 1 N–H and O–H groups in total. The molecule has 1 heterocycles. The van der Waals surface area contributed by atoms with Crippen molar-refractivity contribution in [3.8, 4) is 11.5 Å². The number of ether oxygens (including phenoxy) is 2. The minimum absolute atomic E-state index is 0.0512. The van der Waals surface area contributed by atoms with Crippen LogP contribution in [0.25, 0.3) is 0 Å². The molecule has 0 fully saturated rings. The minimum Gasteiger partial charge on any atom is -0.493 e. The number of hydrogen-bond donors (Lipinski definition) is 1. The third-order valence-electron chi connectivity index (χ3n) is 4.21. The van der Waals surface area contributed by atoms with Crippen LogP contribution in [0.4, 0.5) is 0 Å². The van der Waals surface area contributed by atoms with Gasteiger partial charge in [-0.25, -0.2) is 0 Å². The van der Waals surface area contributed by atoms with Crippen molar-refractivity contribution in [2.24, 2.45) is 0 Å². The van der Waals surface area contributed by atoms with Gasteiger partial charge in [-0.3, -0.25) is 4.79 Å². The minimum atomic E-state index is -0.0862. The molecule has 4 nitrogen and oxygen atoms in total. The van der Waals surface area contributed by atoms with Gasteiger partial charge in [-0.2, -0.15) is 11.3 Å². The Balaban J connectivity index is 1.66. The predicted octanol–water partition coefficient (Wildman–Crippen LogP) is 4.70. The second kappa shape index (κ2) is 9.24. The summed E-state index contributed by atoms with van der Waals surface area (Å²) >= 11 is 1.67. The normalized spacial score (nSPS) is 11.6. The van der Waals surface area contributed by atoms with Gasteiger partial charge in [0.1, 0.15) is 6.61 Å². The molecule has 3 aromatic rings. The molecule has 0 aliphatic rings. The first-order valence-corrected chi connectivity index (χ1v) is 9.77. The number of rotatable bonds is 8. The Labute approximate surface area is 163 Å². The first-order chi connectivity index (χ1) is 13.2. The highest BCUT2D eigenvalue weighted by Crippen LogP contribution is 2.27. The van der Waals surface area contributed by atoms with Crippen LogP contribution in [0.5, 0.6) is 11.5 Å². The van der Waals surface area contributed by atoms with Gasteiger partial charge in [0.2, 0.25) is 0 Å². The molecule has 0 aliphatic heterocycles. The first-order valence-electron chi connectivity index (χ1n) is 8.83. The number of methoxy groups -OCH3 is 1. The molecule has 2 aromatic carbocycles. The van der Waals surface area contributed by atoms with E-state index < -0.39 is 0 Å². The lowest BCUT2D eigenvalue weighted by atomic mass is 10.1. The summed E-state index contributed by atoms with van der Waals surface area (Å²) in [6, 6.07) is 17.1. The van der Waals surface area contributed by atoms with Crippen LogP contribution in [0.1, 0.15) is 28.4 Å². The fraction of sp³-hybridized carbons (Fsp3) is 0.227. The molecule has 0 saturated heterocycles. The van der Waals surface area contributed by atoms with Gasteiger partial charge in [0.25, 0.3) is 5.91 Å². The highest BCUT2D eigenvalue weighted by atomic mass is 32.1. The van der Waals surface area contributed by atoms with Crippen LogP contribution in [0, 0.1) is 0 Å².